The van der Waals surface area contributed by atoms with Gasteiger partial charge in [-0.1, -0.05) is 0 Å². The van der Waals surface area contributed by atoms with Gasteiger partial charge in [0, 0.05) is 5.59 Å². The first-order chi connectivity index (χ1) is 2.27. The molecule has 5 heavy (non-hydrogen) atoms. The fourth-order valence-corrected chi connectivity index (χ4v) is 0. The smallest absolute Gasteiger partial charge is 0.236 e. The fraction of sp³-hybridized carbons (Fsp3) is 0. The first kappa shape index (κ1) is 4.16. The summed E-state index contributed by atoms with van der Waals surface area (Å²) < 4.78 is 0. The summed E-state index contributed by atoms with van der Waals surface area (Å²) in [5.41, 5.74) is 0.861. The number of hydrogen-bond donors (Lipinski definition) is 3. The average molecular weight is 79.0 g/mol. The highest BCUT2D eigenvalue weighted by Gasteiger charge is 1.88. The Labute approximate surface area is 27.3 Å². The Bertz CT molecular complexity index is 40.2. The molecule has 0 spiro atoms. The van der Waals surface area contributed by atoms with Crippen LogP contribution in [0.3, 0.4) is 0 Å². The molecule has 0 aromatic heterocycles. The lowest BCUT2D eigenvalue weighted by Gasteiger charge is -1.64. The molecule has 0 aromatic rings. The second-order valence-electron chi connectivity index (χ2n) is 0.373. The van der Waals surface area contributed by atoms with Gasteiger partial charge in [-0.2, -0.15) is 0 Å². The van der Waals surface area contributed by atoms with Crippen LogP contribution >= 0.6 is 0 Å². The number of nitrogens with one attached hydrogen (secondary N) is 1. The topological polar surface area (TPSA) is 72.6 Å². The fourth-order valence-electron chi connectivity index (χ4n) is 0. The predicted octanol–water partition coefficient (Wildman–Crippen LogP) is -0.952. The second-order valence-corrected chi connectivity index (χ2v) is 0.373. The zero-order valence-electron chi connectivity index (χ0n) is 2.25. The second kappa shape index (κ2) is 1.48. The Hall–Kier alpha value is -0.840. The molecule has 0 saturated heterocycles. The molecule has 0 bridgehead atoms. The van der Waals surface area contributed by atoms with Crippen molar-refractivity contribution in [1.29, 1.82) is 0 Å². The average Bonchev–Trinajstić information content (AvgIpc) is 1.38. The van der Waals surface area contributed by atoms with Gasteiger partial charge in [0.2, 0.25) is 0 Å². The van der Waals surface area contributed by atoms with Crippen LogP contribution in [0.2, 0.25) is 0 Å². The summed E-state index contributed by atoms with van der Waals surface area (Å²) in [6.07, 6.45) is 0. The molecule has 0 aliphatic rings. The zero-order valence-corrected chi connectivity index (χ0v) is 2.25. The summed E-state index contributed by atoms with van der Waals surface area (Å²) in [6.45, 7) is 0. The molecule has 0 amide bonds. The van der Waals surface area contributed by atoms with E-state index in [2.05, 4.69) is 0 Å². The zero-order chi connectivity index (χ0) is 4.28. The summed E-state index contributed by atoms with van der Waals surface area (Å²) in [5.74, 6) is 0. The molecule has 5 heteroatoms. The van der Waals surface area contributed by atoms with Crippen molar-refractivity contribution in [1.82, 2.24) is 5.59 Å². The summed E-state index contributed by atoms with van der Waals surface area (Å²) >= 11 is 0. The summed E-state index contributed by atoms with van der Waals surface area (Å²) in [4.78, 5) is 8.92. The van der Waals surface area contributed by atoms with E-state index in [1.54, 1.807) is 0 Å². The van der Waals surface area contributed by atoms with Crippen LogP contribution in [-0.2, 0) is 0 Å². The molecule has 0 rings (SSSR count). The van der Waals surface area contributed by atoms with Gasteiger partial charge >= 0.3 is 5.03 Å². The molecular weight excluding hydrogens is 76.0 g/mol. The predicted molar refractivity (Wildman–Crippen MR) is 10.3 cm³/mol. The highest BCUT2D eigenvalue weighted by molar-refractivity contribution is 3.61. The van der Waals surface area contributed by atoms with Crippen molar-refractivity contribution >= 4 is 0 Å². The van der Waals surface area contributed by atoms with Gasteiger partial charge in [-0.25, -0.2) is 10.4 Å². The minimum absolute atomic E-state index is 0.819. The van der Waals surface area contributed by atoms with Crippen LogP contribution in [0, 0.1) is 4.91 Å². The Morgan fingerprint density at radius 2 is 2.00 bits per heavy atom. The van der Waals surface area contributed by atoms with E-state index in [1.165, 1.54) is 0 Å². The Morgan fingerprint density at radius 1 is 1.80 bits per heavy atom. The maximum atomic E-state index is 8.92. The maximum absolute atomic E-state index is 8.92. The lowest BCUT2D eigenvalue weighted by atomic mass is 12.6. The van der Waals surface area contributed by atoms with Crippen LogP contribution in [0.1, 0.15) is 0 Å². The lowest BCUT2D eigenvalue weighted by molar-refractivity contribution is -0.861. The molecule has 0 heterocycles. The molecule has 30 valence electrons. The van der Waals surface area contributed by atoms with Crippen molar-refractivity contribution in [3.63, 3.8) is 0 Å². The molecule has 0 aliphatic heterocycles. The lowest BCUT2D eigenvalue weighted by Crippen LogP contribution is -2.17. The van der Waals surface area contributed by atoms with Crippen molar-refractivity contribution in [2.75, 3.05) is 0 Å². The van der Waals surface area contributed by atoms with Gasteiger partial charge in [0.05, 0.1) is 0 Å². The highest BCUT2D eigenvalue weighted by atomic mass is 16.7. The van der Waals surface area contributed by atoms with Crippen LogP contribution in [-0.4, -0.2) is 15.4 Å². The molecule has 0 atom stereocenters. The molecule has 0 unspecified atom stereocenters. The maximum Gasteiger partial charge on any atom is 0.381 e. The van der Waals surface area contributed by atoms with E-state index in [1.807, 2.05) is 0 Å². The Kier molecular flexibility index (Phi) is 1.23. The van der Waals surface area contributed by atoms with Crippen molar-refractivity contribution in [2.24, 2.45) is 0 Å². The van der Waals surface area contributed by atoms with E-state index in [0.29, 0.717) is 0 Å². The highest BCUT2D eigenvalue weighted by Crippen LogP contribution is 1.35. The van der Waals surface area contributed by atoms with E-state index in [0.717, 1.165) is 5.59 Å². The summed E-state index contributed by atoms with van der Waals surface area (Å²) in [5, 5.41) is 13.7. The van der Waals surface area contributed by atoms with Crippen molar-refractivity contribution in [3.05, 3.63) is 4.91 Å². The molecule has 0 aromatic carbocycles. The third-order valence-corrected chi connectivity index (χ3v) is 0.0855. The Morgan fingerprint density at radius 3 is 2.00 bits per heavy atom. The number of rotatable bonds is 1. The first-order valence-electron chi connectivity index (χ1n) is 0.830. The minimum Gasteiger partial charge on any atom is -0.236 e. The molecule has 0 radical (unpaired) electrons. The third-order valence-electron chi connectivity index (χ3n) is 0.0855. The first-order valence-corrected chi connectivity index (χ1v) is 0.830. The molecule has 0 fully saturated rings. The van der Waals surface area contributed by atoms with Crippen molar-refractivity contribution < 1.29 is 15.4 Å². The minimum atomic E-state index is -0.819. The summed E-state index contributed by atoms with van der Waals surface area (Å²) in [7, 11) is 0. The van der Waals surface area contributed by atoms with Crippen molar-refractivity contribution in [2.45, 2.75) is 0 Å². The van der Waals surface area contributed by atoms with Crippen molar-refractivity contribution in [3.8, 4) is 0 Å². The van der Waals surface area contributed by atoms with Gasteiger partial charge in [0.15, 0.2) is 0 Å². The van der Waals surface area contributed by atoms with E-state index < -0.39 is 5.03 Å². The van der Waals surface area contributed by atoms with Gasteiger partial charge in [0.25, 0.3) is 0 Å². The number of nitrogens with zero attached hydrogens (tertiary/aromatic N) is 1. The van der Waals surface area contributed by atoms with Crippen LogP contribution in [0.15, 0.2) is 0 Å². The van der Waals surface area contributed by atoms with Gasteiger partial charge in [0.1, 0.15) is 4.91 Å². The van der Waals surface area contributed by atoms with Gasteiger partial charge in [-0.15, -0.1) is 0 Å². The molecule has 0 aliphatic carbocycles. The summed E-state index contributed by atoms with van der Waals surface area (Å²) in [6, 6.07) is 0. The van der Waals surface area contributed by atoms with E-state index >= 15 is 0 Å². The van der Waals surface area contributed by atoms with Gasteiger partial charge in [-0.3, -0.25) is 0 Å². The number of hydrazine groups is 1. The van der Waals surface area contributed by atoms with E-state index in [4.69, 9.17) is 15.3 Å². The van der Waals surface area contributed by atoms with E-state index in [9.17, 15) is 0 Å². The monoisotopic (exact) mass is 79.0 g/mol. The molecular formula is H3N2O3+. The number of hydrogen-bond acceptors (Lipinski definition) is 2. The molecule has 3 N–H and O–H groups in total. The normalized spacial score (nSPS) is 6.60. The largest absolute Gasteiger partial charge is 0.381 e. The van der Waals surface area contributed by atoms with E-state index in [-0.39, 0.29) is 0 Å². The van der Waals surface area contributed by atoms with Crippen LogP contribution in [0.25, 0.3) is 0 Å². The third kappa shape index (κ3) is 3.16. The Balaban J connectivity index is 2.85. The van der Waals surface area contributed by atoms with Crippen LogP contribution in [0.4, 0.5) is 0 Å². The van der Waals surface area contributed by atoms with Gasteiger partial charge < -0.3 is 0 Å². The quantitative estimate of drug-likeness (QED) is 0.354. The van der Waals surface area contributed by atoms with Crippen LogP contribution in [0.5, 0.6) is 0 Å². The molecule has 0 saturated carbocycles. The molecule has 5 nitrogen and oxygen atoms in total. The van der Waals surface area contributed by atoms with Gasteiger partial charge in [-0.05, 0) is 0 Å². The van der Waals surface area contributed by atoms with Crippen LogP contribution < -0.4 is 5.59 Å². The standard InChI is InChI=1S/H3N2O3/c3-1-2(4)5/h1,3H,(H,4,5)/q+1. The SMILES string of the molecule is O=[N+](O)NO.